The molecule has 0 aromatic carbocycles. The van der Waals surface area contributed by atoms with Gasteiger partial charge >= 0.3 is 0 Å². The summed E-state index contributed by atoms with van der Waals surface area (Å²) in [6.07, 6.45) is 16.4. The topological polar surface area (TPSA) is 68.1 Å². The molecule has 5 N–H and O–H groups in total. The lowest BCUT2D eigenvalue weighted by Crippen LogP contribution is -3.00. The minimum Gasteiger partial charge on any atom is -1.00 e. The van der Waals surface area contributed by atoms with Crippen molar-refractivity contribution in [2.75, 3.05) is 19.8 Å². The summed E-state index contributed by atoms with van der Waals surface area (Å²) >= 11 is 0. The largest absolute Gasteiger partial charge is 1.00 e. The number of hydrogen-bond donors (Lipinski definition) is 3. The van der Waals surface area contributed by atoms with E-state index in [1.54, 1.807) is 0 Å². The van der Waals surface area contributed by atoms with Gasteiger partial charge in [0, 0.05) is 13.2 Å². The molecule has 0 unspecified atom stereocenters. The average molecular weight is 324 g/mol. The SMILES string of the molecule is [Cl-].[NH3+]CCCCCCCCCCCCC(CCO)CCO. The molecule has 0 heterocycles. The summed E-state index contributed by atoms with van der Waals surface area (Å²) in [5.74, 6) is 0.526. The van der Waals surface area contributed by atoms with Gasteiger partial charge in [0.1, 0.15) is 0 Å². The van der Waals surface area contributed by atoms with Gasteiger partial charge in [-0.2, -0.15) is 0 Å². The van der Waals surface area contributed by atoms with E-state index in [1.807, 2.05) is 0 Å². The van der Waals surface area contributed by atoms with Gasteiger partial charge in [-0.15, -0.1) is 0 Å². The molecule has 0 aliphatic carbocycles. The zero-order chi connectivity index (χ0) is 14.9. The molecule has 0 saturated heterocycles. The average Bonchev–Trinajstić information content (AvgIpc) is 2.45. The number of quaternary nitrogens is 1. The first-order valence-corrected chi connectivity index (χ1v) is 8.86. The van der Waals surface area contributed by atoms with E-state index in [0.29, 0.717) is 5.92 Å². The first-order valence-electron chi connectivity index (χ1n) is 8.86. The van der Waals surface area contributed by atoms with E-state index in [-0.39, 0.29) is 25.6 Å². The third-order valence-corrected chi connectivity index (χ3v) is 4.19. The van der Waals surface area contributed by atoms with Gasteiger partial charge < -0.3 is 28.4 Å². The molecular weight excluding hydrogens is 286 g/mol. The van der Waals surface area contributed by atoms with Crippen LogP contribution in [0.15, 0.2) is 0 Å². The predicted molar refractivity (Wildman–Crippen MR) is 85.4 cm³/mol. The van der Waals surface area contributed by atoms with Gasteiger partial charge in [-0.05, 0) is 31.6 Å². The van der Waals surface area contributed by atoms with Crippen LogP contribution in [0.3, 0.4) is 0 Å². The molecule has 0 aromatic rings. The molecule has 0 aromatic heterocycles. The van der Waals surface area contributed by atoms with Gasteiger partial charge in [-0.1, -0.05) is 57.8 Å². The fraction of sp³-hybridized carbons (Fsp3) is 1.00. The standard InChI is InChI=1S/C17H37NO2.ClH/c18-14-10-8-6-4-2-1-3-5-7-9-11-17(12-15-19)13-16-20;/h17,19-20H,1-16,18H2;1H. The minimum absolute atomic E-state index is 0. The molecule has 4 heteroatoms. The smallest absolute Gasteiger partial charge is 0.0739 e. The van der Waals surface area contributed by atoms with Crippen molar-refractivity contribution in [3.8, 4) is 0 Å². The van der Waals surface area contributed by atoms with Crippen molar-refractivity contribution >= 4 is 0 Å². The maximum atomic E-state index is 8.96. The van der Waals surface area contributed by atoms with E-state index in [0.717, 1.165) is 19.4 Å². The van der Waals surface area contributed by atoms with Gasteiger partial charge in [0.15, 0.2) is 0 Å². The van der Waals surface area contributed by atoms with Crippen LogP contribution in [0.2, 0.25) is 0 Å². The highest BCUT2D eigenvalue weighted by atomic mass is 35.5. The van der Waals surface area contributed by atoms with Crippen molar-refractivity contribution in [2.24, 2.45) is 5.92 Å². The van der Waals surface area contributed by atoms with Crippen LogP contribution >= 0.6 is 0 Å². The van der Waals surface area contributed by atoms with Crippen LogP contribution < -0.4 is 18.1 Å². The summed E-state index contributed by atoms with van der Waals surface area (Å²) in [6.45, 7) is 1.62. The minimum atomic E-state index is 0. The molecule has 0 fully saturated rings. The van der Waals surface area contributed by atoms with Gasteiger partial charge in [0.2, 0.25) is 0 Å². The Kier molecular flexibility index (Phi) is 22.5. The molecule has 0 spiro atoms. The normalized spacial score (nSPS) is 10.9. The van der Waals surface area contributed by atoms with Gasteiger partial charge in [-0.25, -0.2) is 0 Å². The van der Waals surface area contributed by atoms with Crippen LogP contribution in [-0.2, 0) is 0 Å². The Bertz CT molecular complexity index is 176. The summed E-state index contributed by atoms with van der Waals surface area (Å²) < 4.78 is 0. The van der Waals surface area contributed by atoms with E-state index in [9.17, 15) is 0 Å². The molecule has 0 amide bonds. The van der Waals surface area contributed by atoms with Crippen LogP contribution in [0.25, 0.3) is 0 Å². The first-order chi connectivity index (χ1) is 9.85. The zero-order valence-corrected chi connectivity index (χ0v) is 14.6. The number of unbranched alkanes of at least 4 members (excludes halogenated alkanes) is 9. The highest BCUT2D eigenvalue weighted by Crippen LogP contribution is 2.18. The Hall–Kier alpha value is 0.170. The summed E-state index contributed by atoms with van der Waals surface area (Å²) in [5, 5.41) is 17.9. The van der Waals surface area contributed by atoms with E-state index in [1.165, 1.54) is 70.6 Å². The second-order valence-corrected chi connectivity index (χ2v) is 6.07. The van der Waals surface area contributed by atoms with E-state index in [2.05, 4.69) is 5.73 Å². The maximum absolute atomic E-state index is 8.96. The van der Waals surface area contributed by atoms with Gasteiger partial charge in [0.05, 0.1) is 6.54 Å². The summed E-state index contributed by atoms with van der Waals surface area (Å²) in [7, 11) is 0. The number of aliphatic hydroxyl groups is 2. The lowest BCUT2D eigenvalue weighted by molar-refractivity contribution is -0.368. The lowest BCUT2D eigenvalue weighted by atomic mass is 9.94. The Morgan fingerprint density at radius 1 is 0.571 bits per heavy atom. The second kappa shape index (κ2) is 20.2. The third kappa shape index (κ3) is 18.1. The highest BCUT2D eigenvalue weighted by molar-refractivity contribution is 4.59. The molecule has 0 aliphatic rings. The number of aliphatic hydroxyl groups excluding tert-OH is 2. The van der Waals surface area contributed by atoms with Crippen molar-refractivity contribution in [2.45, 2.75) is 83.5 Å². The summed E-state index contributed by atoms with van der Waals surface area (Å²) in [5.41, 5.74) is 3.87. The van der Waals surface area contributed by atoms with Crippen LogP contribution in [-0.4, -0.2) is 30.0 Å². The van der Waals surface area contributed by atoms with Crippen molar-refractivity contribution in [3.63, 3.8) is 0 Å². The predicted octanol–water partition coefficient (Wildman–Crippen LogP) is -0.0956. The van der Waals surface area contributed by atoms with E-state index in [4.69, 9.17) is 10.2 Å². The Morgan fingerprint density at radius 2 is 0.952 bits per heavy atom. The number of rotatable bonds is 16. The Morgan fingerprint density at radius 3 is 1.33 bits per heavy atom. The summed E-state index contributed by atoms with van der Waals surface area (Å²) in [6, 6.07) is 0. The first kappa shape index (κ1) is 23.4. The van der Waals surface area contributed by atoms with Crippen molar-refractivity contribution in [3.05, 3.63) is 0 Å². The van der Waals surface area contributed by atoms with Crippen LogP contribution in [0.1, 0.15) is 83.5 Å². The lowest BCUT2D eigenvalue weighted by Gasteiger charge is -2.13. The van der Waals surface area contributed by atoms with Crippen molar-refractivity contribution in [1.29, 1.82) is 0 Å². The van der Waals surface area contributed by atoms with Crippen molar-refractivity contribution in [1.82, 2.24) is 0 Å². The fourth-order valence-corrected chi connectivity index (χ4v) is 2.82. The monoisotopic (exact) mass is 323 g/mol. The molecule has 21 heavy (non-hydrogen) atoms. The molecule has 0 saturated carbocycles. The fourth-order valence-electron chi connectivity index (χ4n) is 2.82. The van der Waals surface area contributed by atoms with Crippen LogP contribution in [0.4, 0.5) is 0 Å². The zero-order valence-electron chi connectivity index (χ0n) is 13.9. The highest BCUT2D eigenvalue weighted by Gasteiger charge is 2.06. The number of halogens is 1. The van der Waals surface area contributed by atoms with Gasteiger partial charge in [-0.3, -0.25) is 0 Å². The third-order valence-electron chi connectivity index (χ3n) is 4.19. The molecule has 0 aliphatic heterocycles. The quantitative estimate of drug-likeness (QED) is 0.347. The molecular formula is C17H38ClNO2. The number of hydrogen-bond acceptors (Lipinski definition) is 2. The molecule has 0 rings (SSSR count). The van der Waals surface area contributed by atoms with Crippen LogP contribution in [0, 0.1) is 5.92 Å². The van der Waals surface area contributed by atoms with Crippen LogP contribution in [0.5, 0.6) is 0 Å². The van der Waals surface area contributed by atoms with E-state index >= 15 is 0 Å². The molecule has 0 radical (unpaired) electrons. The molecule has 3 nitrogen and oxygen atoms in total. The molecule has 0 atom stereocenters. The molecule has 0 bridgehead atoms. The second-order valence-electron chi connectivity index (χ2n) is 6.07. The maximum Gasteiger partial charge on any atom is 0.0739 e. The Balaban J connectivity index is 0. The Labute approximate surface area is 138 Å². The van der Waals surface area contributed by atoms with Gasteiger partial charge in [0.25, 0.3) is 0 Å². The van der Waals surface area contributed by atoms with Crippen molar-refractivity contribution < 1.29 is 28.4 Å². The summed E-state index contributed by atoms with van der Waals surface area (Å²) in [4.78, 5) is 0. The molecule has 130 valence electrons. The van der Waals surface area contributed by atoms with E-state index < -0.39 is 0 Å².